The first-order chi connectivity index (χ1) is 11.3. The lowest BCUT2D eigenvalue weighted by atomic mass is 9.99. The van der Waals surface area contributed by atoms with Crippen LogP contribution in [0.1, 0.15) is 68.8 Å². The maximum Gasteiger partial charge on any atom is 0.272 e. The number of rotatable bonds is 3. The van der Waals surface area contributed by atoms with Crippen molar-refractivity contribution in [3.05, 3.63) is 24.0 Å². The highest BCUT2D eigenvalue weighted by molar-refractivity contribution is 5.93. The summed E-state index contributed by atoms with van der Waals surface area (Å²) < 4.78 is 0. The molecule has 1 unspecified atom stereocenters. The van der Waals surface area contributed by atoms with Crippen molar-refractivity contribution in [3.8, 4) is 0 Å². The number of piperidine rings is 1. The molecule has 0 aromatic carbocycles. The number of amides is 1. The summed E-state index contributed by atoms with van der Waals surface area (Å²) in [6.45, 7) is 5.12. The molecule has 23 heavy (non-hydrogen) atoms. The minimum Gasteiger partial charge on any atom is -0.368 e. The predicted octanol–water partition coefficient (Wildman–Crippen LogP) is 3.87. The fourth-order valence-electron chi connectivity index (χ4n) is 3.92. The molecule has 1 aromatic heterocycles. The summed E-state index contributed by atoms with van der Waals surface area (Å²) in [6.07, 6.45) is 11.5. The van der Waals surface area contributed by atoms with Crippen LogP contribution in [-0.2, 0) is 0 Å². The van der Waals surface area contributed by atoms with E-state index in [2.05, 4.69) is 22.9 Å². The number of carbonyl (C=O) groups is 1. The molecule has 2 aliphatic rings. The Kier molecular flexibility index (Phi) is 5.52. The van der Waals surface area contributed by atoms with E-state index < -0.39 is 0 Å². The number of anilines is 1. The monoisotopic (exact) mass is 315 g/mol. The molecule has 4 heteroatoms. The lowest BCUT2D eigenvalue weighted by Gasteiger charge is -2.37. The van der Waals surface area contributed by atoms with E-state index in [1.165, 1.54) is 37.8 Å². The molecule has 3 heterocycles. The molecule has 2 aliphatic heterocycles. The summed E-state index contributed by atoms with van der Waals surface area (Å²) in [6, 6.07) is 4.68. The van der Waals surface area contributed by atoms with Gasteiger partial charge in [-0.05, 0) is 50.7 Å². The van der Waals surface area contributed by atoms with Crippen molar-refractivity contribution < 1.29 is 4.79 Å². The molecule has 0 spiro atoms. The minimum absolute atomic E-state index is 0.110. The summed E-state index contributed by atoms with van der Waals surface area (Å²) in [5, 5.41) is 0. The van der Waals surface area contributed by atoms with Crippen molar-refractivity contribution in [1.82, 2.24) is 9.88 Å². The highest BCUT2D eigenvalue weighted by Gasteiger charge is 2.23. The van der Waals surface area contributed by atoms with Crippen LogP contribution in [0.25, 0.3) is 0 Å². The Morgan fingerprint density at radius 1 is 1.13 bits per heavy atom. The lowest BCUT2D eigenvalue weighted by Crippen LogP contribution is -2.39. The van der Waals surface area contributed by atoms with Crippen LogP contribution in [0.15, 0.2) is 18.3 Å². The largest absolute Gasteiger partial charge is 0.368 e. The van der Waals surface area contributed by atoms with E-state index in [1.54, 1.807) is 0 Å². The van der Waals surface area contributed by atoms with Gasteiger partial charge in [0.15, 0.2) is 0 Å². The first-order valence-electron chi connectivity index (χ1n) is 9.31. The molecule has 0 bridgehead atoms. The van der Waals surface area contributed by atoms with Gasteiger partial charge in [0, 0.05) is 37.6 Å². The van der Waals surface area contributed by atoms with Crippen LogP contribution in [-0.4, -0.2) is 41.5 Å². The molecular formula is C19H29N3O. The van der Waals surface area contributed by atoms with Crippen LogP contribution in [0.4, 0.5) is 5.69 Å². The first kappa shape index (κ1) is 16.3. The van der Waals surface area contributed by atoms with Crippen LogP contribution in [0, 0.1) is 0 Å². The summed E-state index contributed by atoms with van der Waals surface area (Å²) in [4.78, 5) is 21.6. The molecule has 1 atom stereocenters. The maximum absolute atomic E-state index is 12.8. The first-order valence-corrected chi connectivity index (χ1v) is 9.31. The zero-order chi connectivity index (χ0) is 16.1. The Morgan fingerprint density at radius 3 is 2.61 bits per heavy atom. The van der Waals surface area contributed by atoms with E-state index in [1.807, 2.05) is 17.2 Å². The quantitative estimate of drug-likeness (QED) is 0.849. The Labute approximate surface area is 139 Å². The second-order valence-electron chi connectivity index (χ2n) is 6.86. The van der Waals surface area contributed by atoms with Gasteiger partial charge in [-0.3, -0.25) is 9.78 Å². The van der Waals surface area contributed by atoms with E-state index in [9.17, 15) is 4.79 Å². The molecule has 0 N–H and O–H groups in total. The van der Waals surface area contributed by atoms with Gasteiger partial charge in [-0.1, -0.05) is 19.8 Å². The molecular weight excluding hydrogens is 286 g/mol. The van der Waals surface area contributed by atoms with Gasteiger partial charge in [0.2, 0.25) is 0 Å². The SMILES string of the molecule is CCC1CCCCN1c1ccnc(C(=O)N2CCCCCC2)c1. The molecule has 0 aliphatic carbocycles. The predicted molar refractivity (Wildman–Crippen MR) is 93.9 cm³/mol. The molecule has 4 nitrogen and oxygen atoms in total. The van der Waals surface area contributed by atoms with Gasteiger partial charge in [-0.2, -0.15) is 0 Å². The average molecular weight is 315 g/mol. The van der Waals surface area contributed by atoms with E-state index in [0.29, 0.717) is 11.7 Å². The zero-order valence-electron chi connectivity index (χ0n) is 14.3. The normalized spacial score (nSPS) is 22.7. The third-order valence-corrected chi connectivity index (χ3v) is 5.29. The van der Waals surface area contributed by atoms with Crippen molar-refractivity contribution in [2.75, 3.05) is 24.5 Å². The highest BCUT2D eigenvalue weighted by Crippen LogP contribution is 2.27. The van der Waals surface area contributed by atoms with Crippen LogP contribution in [0.5, 0.6) is 0 Å². The van der Waals surface area contributed by atoms with Crippen molar-refractivity contribution >= 4 is 11.6 Å². The van der Waals surface area contributed by atoms with Crippen LogP contribution < -0.4 is 4.90 Å². The number of hydrogen-bond donors (Lipinski definition) is 0. The van der Waals surface area contributed by atoms with E-state index in [0.717, 1.165) is 38.9 Å². The van der Waals surface area contributed by atoms with Crippen LogP contribution in [0.2, 0.25) is 0 Å². The van der Waals surface area contributed by atoms with Gasteiger partial charge in [0.05, 0.1) is 0 Å². The second kappa shape index (κ2) is 7.80. The van der Waals surface area contributed by atoms with E-state index >= 15 is 0 Å². The number of pyridine rings is 1. The number of nitrogens with zero attached hydrogens (tertiary/aromatic N) is 3. The van der Waals surface area contributed by atoms with Gasteiger partial charge >= 0.3 is 0 Å². The maximum atomic E-state index is 12.8. The molecule has 0 radical (unpaired) electrons. The highest BCUT2D eigenvalue weighted by atomic mass is 16.2. The average Bonchev–Trinajstić information content (AvgIpc) is 2.90. The summed E-state index contributed by atoms with van der Waals surface area (Å²) in [5.41, 5.74) is 1.79. The Bertz CT molecular complexity index is 523. The van der Waals surface area contributed by atoms with Crippen molar-refractivity contribution in [3.63, 3.8) is 0 Å². The lowest BCUT2D eigenvalue weighted by molar-refractivity contribution is 0.0756. The van der Waals surface area contributed by atoms with Gasteiger partial charge in [0.25, 0.3) is 5.91 Å². The smallest absolute Gasteiger partial charge is 0.272 e. The number of aromatic nitrogens is 1. The number of hydrogen-bond acceptors (Lipinski definition) is 3. The van der Waals surface area contributed by atoms with Gasteiger partial charge in [0.1, 0.15) is 5.69 Å². The summed E-state index contributed by atoms with van der Waals surface area (Å²) in [7, 11) is 0. The van der Waals surface area contributed by atoms with Crippen molar-refractivity contribution in [2.24, 2.45) is 0 Å². The third kappa shape index (κ3) is 3.85. The molecule has 0 saturated carbocycles. The number of likely N-dealkylation sites (tertiary alicyclic amines) is 1. The second-order valence-corrected chi connectivity index (χ2v) is 6.86. The van der Waals surface area contributed by atoms with Crippen LogP contribution >= 0.6 is 0 Å². The fraction of sp³-hybridized carbons (Fsp3) is 0.684. The van der Waals surface area contributed by atoms with Crippen molar-refractivity contribution in [2.45, 2.75) is 64.3 Å². The van der Waals surface area contributed by atoms with E-state index in [-0.39, 0.29) is 5.91 Å². The Balaban J connectivity index is 1.77. The van der Waals surface area contributed by atoms with Crippen molar-refractivity contribution in [1.29, 1.82) is 0 Å². The van der Waals surface area contributed by atoms with E-state index in [4.69, 9.17) is 0 Å². The zero-order valence-corrected chi connectivity index (χ0v) is 14.3. The fourth-order valence-corrected chi connectivity index (χ4v) is 3.92. The van der Waals surface area contributed by atoms with Gasteiger partial charge in [-0.15, -0.1) is 0 Å². The van der Waals surface area contributed by atoms with Crippen LogP contribution in [0.3, 0.4) is 0 Å². The Hall–Kier alpha value is -1.58. The van der Waals surface area contributed by atoms with Gasteiger partial charge < -0.3 is 9.80 Å². The number of carbonyl (C=O) groups excluding carboxylic acids is 1. The Morgan fingerprint density at radius 2 is 1.87 bits per heavy atom. The standard InChI is InChI=1S/C19H29N3O/c1-2-16-9-5-8-14-22(16)17-10-11-20-18(15-17)19(23)21-12-6-3-4-7-13-21/h10-11,15-16H,2-9,12-14H2,1H3. The van der Waals surface area contributed by atoms with Gasteiger partial charge in [-0.25, -0.2) is 0 Å². The molecule has 3 rings (SSSR count). The topological polar surface area (TPSA) is 36.4 Å². The summed E-state index contributed by atoms with van der Waals surface area (Å²) in [5.74, 6) is 0.110. The molecule has 1 amide bonds. The molecule has 1 aromatic rings. The molecule has 126 valence electrons. The minimum atomic E-state index is 0.110. The molecule has 2 fully saturated rings. The molecule has 2 saturated heterocycles. The third-order valence-electron chi connectivity index (χ3n) is 5.29. The summed E-state index contributed by atoms with van der Waals surface area (Å²) >= 11 is 0.